The first-order valence-corrected chi connectivity index (χ1v) is 6.76. The van der Waals surface area contributed by atoms with Crippen LogP contribution in [-0.2, 0) is 0 Å². The number of rotatable bonds is 3. The van der Waals surface area contributed by atoms with Crippen molar-refractivity contribution >= 4 is 0 Å². The van der Waals surface area contributed by atoms with Crippen molar-refractivity contribution in [2.45, 2.75) is 31.3 Å². The molecule has 2 nitrogen and oxygen atoms in total. The maximum Gasteiger partial charge on any atom is 0.0673 e. The molecule has 1 N–H and O–H groups in total. The van der Waals surface area contributed by atoms with Crippen LogP contribution in [0.1, 0.15) is 30.7 Å². The van der Waals surface area contributed by atoms with Gasteiger partial charge in [0.05, 0.1) is 6.10 Å². The van der Waals surface area contributed by atoms with E-state index in [1.165, 1.54) is 24.9 Å². The van der Waals surface area contributed by atoms with E-state index in [0.29, 0.717) is 5.92 Å². The Labute approximate surface area is 103 Å². The molecule has 2 aliphatic rings. The molecule has 1 aliphatic heterocycles. The second kappa shape index (κ2) is 4.79. The Bertz CT molecular complexity index is 358. The molecule has 0 amide bonds. The van der Waals surface area contributed by atoms with Gasteiger partial charge in [-0.2, -0.15) is 0 Å². The molecule has 0 spiro atoms. The minimum atomic E-state index is -0.146. The summed E-state index contributed by atoms with van der Waals surface area (Å²) in [6.07, 6.45) is 3.56. The third-order valence-corrected chi connectivity index (χ3v) is 3.99. The first-order chi connectivity index (χ1) is 8.31. The fourth-order valence-electron chi connectivity index (χ4n) is 2.94. The lowest BCUT2D eigenvalue weighted by Gasteiger charge is -2.36. The maximum atomic E-state index is 10.0. The Hall–Kier alpha value is -0.860. The van der Waals surface area contributed by atoms with Crippen LogP contribution in [-0.4, -0.2) is 35.7 Å². The van der Waals surface area contributed by atoms with Crippen LogP contribution in [0.2, 0.25) is 0 Å². The van der Waals surface area contributed by atoms with E-state index in [1.54, 1.807) is 0 Å². The summed E-state index contributed by atoms with van der Waals surface area (Å²) in [4.78, 5) is 2.46. The number of benzene rings is 1. The molecule has 1 aromatic carbocycles. The van der Waals surface area contributed by atoms with Gasteiger partial charge < -0.3 is 5.11 Å². The molecular weight excluding hydrogens is 210 g/mol. The Balaban J connectivity index is 1.67. The Morgan fingerprint density at radius 2 is 1.88 bits per heavy atom. The fourth-order valence-corrected chi connectivity index (χ4v) is 2.94. The van der Waals surface area contributed by atoms with Crippen molar-refractivity contribution in [2.24, 2.45) is 5.92 Å². The highest BCUT2D eigenvalue weighted by Crippen LogP contribution is 2.33. The lowest BCUT2D eigenvalue weighted by Crippen LogP contribution is -2.43. The molecule has 0 aromatic heterocycles. The molecular formula is C15H21NO. The number of aliphatic hydroxyl groups excluding tert-OH is 1. The molecule has 1 heterocycles. The molecule has 92 valence electrons. The van der Waals surface area contributed by atoms with Crippen LogP contribution >= 0.6 is 0 Å². The van der Waals surface area contributed by atoms with Gasteiger partial charge in [0.25, 0.3) is 0 Å². The van der Waals surface area contributed by atoms with Crippen molar-refractivity contribution in [2.75, 3.05) is 19.6 Å². The smallest absolute Gasteiger partial charge is 0.0673 e. The van der Waals surface area contributed by atoms with Crippen LogP contribution < -0.4 is 0 Å². The van der Waals surface area contributed by atoms with E-state index in [2.05, 4.69) is 35.2 Å². The average Bonchev–Trinajstić information content (AvgIpc) is 3.13. The lowest BCUT2D eigenvalue weighted by atomic mass is 9.89. The van der Waals surface area contributed by atoms with Gasteiger partial charge in [0.1, 0.15) is 0 Å². The van der Waals surface area contributed by atoms with E-state index >= 15 is 0 Å². The monoisotopic (exact) mass is 231 g/mol. The van der Waals surface area contributed by atoms with Crippen LogP contribution in [0.5, 0.6) is 0 Å². The SMILES string of the molecule is OC1CC(c2ccccc2)CN(CC2CC2)C1. The molecule has 1 saturated carbocycles. The van der Waals surface area contributed by atoms with Gasteiger partial charge in [-0.3, -0.25) is 4.90 Å². The molecule has 2 fully saturated rings. The van der Waals surface area contributed by atoms with E-state index in [1.807, 2.05) is 0 Å². The highest BCUT2D eigenvalue weighted by Gasteiger charge is 2.31. The van der Waals surface area contributed by atoms with Crippen molar-refractivity contribution in [1.29, 1.82) is 0 Å². The zero-order valence-electron chi connectivity index (χ0n) is 10.3. The summed E-state index contributed by atoms with van der Waals surface area (Å²) < 4.78 is 0. The molecule has 1 aromatic rings. The van der Waals surface area contributed by atoms with Crippen LogP contribution in [0.4, 0.5) is 0 Å². The van der Waals surface area contributed by atoms with Crippen LogP contribution in [0, 0.1) is 5.92 Å². The van der Waals surface area contributed by atoms with Gasteiger partial charge in [0.15, 0.2) is 0 Å². The van der Waals surface area contributed by atoms with Gasteiger partial charge in [0, 0.05) is 19.6 Å². The van der Waals surface area contributed by atoms with E-state index in [4.69, 9.17) is 0 Å². The molecule has 0 bridgehead atoms. The standard InChI is InChI=1S/C15H21NO/c17-15-8-14(13-4-2-1-3-5-13)10-16(11-15)9-12-6-7-12/h1-5,12,14-15,17H,6-11H2. The highest BCUT2D eigenvalue weighted by atomic mass is 16.3. The third kappa shape index (κ3) is 2.88. The molecule has 0 radical (unpaired) electrons. The summed E-state index contributed by atoms with van der Waals surface area (Å²) in [5.41, 5.74) is 1.38. The number of hydrogen-bond donors (Lipinski definition) is 1. The summed E-state index contributed by atoms with van der Waals surface area (Å²) in [5.74, 6) is 1.43. The van der Waals surface area contributed by atoms with E-state index < -0.39 is 0 Å². The van der Waals surface area contributed by atoms with Gasteiger partial charge in [-0.05, 0) is 36.7 Å². The molecule has 3 rings (SSSR count). The Kier molecular flexibility index (Phi) is 3.17. The normalized spacial score (nSPS) is 30.4. The van der Waals surface area contributed by atoms with Gasteiger partial charge in [-0.15, -0.1) is 0 Å². The molecule has 1 saturated heterocycles. The molecule has 2 atom stereocenters. The summed E-state index contributed by atoms with van der Waals surface area (Å²) in [6.45, 7) is 3.19. The second-order valence-electron chi connectivity index (χ2n) is 5.66. The van der Waals surface area contributed by atoms with Crippen LogP contribution in [0.3, 0.4) is 0 Å². The Morgan fingerprint density at radius 1 is 1.12 bits per heavy atom. The topological polar surface area (TPSA) is 23.5 Å². The highest BCUT2D eigenvalue weighted by molar-refractivity contribution is 5.20. The first kappa shape index (κ1) is 11.2. The van der Waals surface area contributed by atoms with Gasteiger partial charge in [0.2, 0.25) is 0 Å². The van der Waals surface area contributed by atoms with E-state index in [9.17, 15) is 5.11 Å². The van der Waals surface area contributed by atoms with E-state index in [0.717, 1.165) is 25.4 Å². The maximum absolute atomic E-state index is 10.0. The summed E-state index contributed by atoms with van der Waals surface area (Å²) in [7, 11) is 0. The van der Waals surface area contributed by atoms with E-state index in [-0.39, 0.29) is 6.10 Å². The molecule has 2 heteroatoms. The van der Waals surface area contributed by atoms with Gasteiger partial charge >= 0.3 is 0 Å². The van der Waals surface area contributed by atoms with Crippen molar-refractivity contribution in [3.05, 3.63) is 35.9 Å². The first-order valence-electron chi connectivity index (χ1n) is 6.76. The van der Waals surface area contributed by atoms with Crippen LogP contribution in [0.25, 0.3) is 0 Å². The quantitative estimate of drug-likeness (QED) is 0.862. The lowest BCUT2D eigenvalue weighted by molar-refractivity contribution is 0.0565. The molecule has 17 heavy (non-hydrogen) atoms. The second-order valence-corrected chi connectivity index (χ2v) is 5.66. The third-order valence-electron chi connectivity index (χ3n) is 3.99. The predicted octanol–water partition coefficient (Wildman–Crippen LogP) is 2.25. The van der Waals surface area contributed by atoms with Crippen LogP contribution in [0.15, 0.2) is 30.3 Å². The van der Waals surface area contributed by atoms with Gasteiger partial charge in [-0.25, -0.2) is 0 Å². The minimum Gasteiger partial charge on any atom is -0.392 e. The number of β-amino-alcohol motifs (C(OH)–C–C–N with tert-alkyl or cyclic N) is 1. The molecule has 2 unspecified atom stereocenters. The molecule has 1 aliphatic carbocycles. The Morgan fingerprint density at radius 3 is 2.59 bits per heavy atom. The zero-order valence-corrected chi connectivity index (χ0v) is 10.3. The number of aliphatic hydroxyl groups is 1. The summed E-state index contributed by atoms with van der Waals surface area (Å²) in [6, 6.07) is 10.6. The van der Waals surface area contributed by atoms with Crippen molar-refractivity contribution in [3.63, 3.8) is 0 Å². The average molecular weight is 231 g/mol. The number of nitrogens with zero attached hydrogens (tertiary/aromatic N) is 1. The van der Waals surface area contributed by atoms with Gasteiger partial charge in [-0.1, -0.05) is 30.3 Å². The predicted molar refractivity (Wildman–Crippen MR) is 69.0 cm³/mol. The zero-order chi connectivity index (χ0) is 11.7. The summed E-state index contributed by atoms with van der Waals surface area (Å²) >= 11 is 0. The number of likely N-dealkylation sites (tertiary alicyclic amines) is 1. The van der Waals surface area contributed by atoms with Crippen molar-refractivity contribution in [1.82, 2.24) is 4.90 Å². The van der Waals surface area contributed by atoms with Crippen molar-refractivity contribution < 1.29 is 5.11 Å². The number of hydrogen-bond acceptors (Lipinski definition) is 2. The largest absolute Gasteiger partial charge is 0.392 e. The minimum absolute atomic E-state index is 0.146. The number of piperidine rings is 1. The summed E-state index contributed by atoms with van der Waals surface area (Å²) in [5, 5.41) is 10.0. The fraction of sp³-hybridized carbons (Fsp3) is 0.600. The van der Waals surface area contributed by atoms with Crippen molar-refractivity contribution in [3.8, 4) is 0 Å².